The van der Waals surface area contributed by atoms with E-state index in [1.54, 1.807) is 0 Å². The Labute approximate surface area is 331 Å². The molecule has 0 spiro atoms. The number of hydrogen-bond acceptors (Lipinski definition) is 8. The summed E-state index contributed by atoms with van der Waals surface area (Å²) in [5, 5.41) is 0. The highest BCUT2D eigenvalue weighted by molar-refractivity contribution is 7.45. The summed E-state index contributed by atoms with van der Waals surface area (Å²) in [5.41, 5.74) is 0. The molecule has 2 atom stereocenters. The van der Waals surface area contributed by atoms with E-state index in [4.69, 9.17) is 18.5 Å². The van der Waals surface area contributed by atoms with E-state index in [0.29, 0.717) is 17.4 Å². The highest BCUT2D eigenvalue weighted by Crippen LogP contribution is 2.38. The number of likely N-dealkylation sites (N-methyl/N-ethyl adjacent to an activating group) is 1. The molecule has 0 amide bonds. The molecule has 54 heavy (non-hydrogen) atoms. The van der Waals surface area contributed by atoms with Gasteiger partial charge in [0.15, 0.2) is 6.10 Å². The number of quaternary nitrogens is 1. The third-order valence-electron chi connectivity index (χ3n) is 8.88. The van der Waals surface area contributed by atoms with E-state index in [1.165, 1.54) is 89.9 Å². The fraction of sp³-hybridized carbons (Fsp3) is 0.773. The lowest BCUT2D eigenvalue weighted by molar-refractivity contribution is -0.870. The molecule has 1 unspecified atom stereocenters. The fourth-order valence-corrected chi connectivity index (χ4v) is 6.21. The number of rotatable bonds is 38. The van der Waals surface area contributed by atoms with Crippen molar-refractivity contribution in [3.8, 4) is 0 Å². The molecule has 0 aliphatic heterocycles. The van der Waals surface area contributed by atoms with Gasteiger partial charge in [-0.3, -0.25) is 14.2 Å². The lowest BCUT2D eigenvalue weighted by atomic mass is 10.0. The number of ether oxygens (including phenoxy) is 2. The first-order valence-electron chi connectivity index (χ1n) is 21.4. The first-order valence-corrected chi connectivity index (χ1v) is 22.8. The summed E-state index contributed by atoms with van der Waals surface area (Å²) in [4.78, 5) is 37.4. The third kappa shape index (κ3) is 39.7. The molecule has 0 aromatic carbocycles. The number of hydrogen-bond donors (Lipinski definition) is 0. The van der Waals surface area contributed by atoms with Gasteiger partial charge in [-0.05, 0) is 51.4 Å². The molecule has 314 valence electrons. The van der Waals surface area contributed by atoms with Crippen molar-refractivity contribution in [2.45, 2.75) is 174 Å². The van der Waals surface area contributed by atoms with Crippen molar-refractivity contribution in [3.63, 3.8) is 0 Å². The van der Waals surface area contributed by atoms with Gasteiger partial charge in [-0.25, -0.2) is 0 Å². The van der Waals surface area contributed by atoms with E-state index in [1.807, 2.05) is 33.3 Å². The van der Waals surface area contributed by atoms with Crippen LogP contribution < -0.4 is 4.89 Å². The highest BCUT2D eigenvalue weighted by atomic mass is 31.2. The summed E-state index contributed by atoms with van der Waals surface area (Å²) in [6.45, 7) is 4.13. The molecule has 0 bridgehead atoms. The zero-order chi connectivity index (χ0) is 40.0. The third-order valence-corrected chi connectivity index (χ3v) is 9.84. The highest BCUT2D eigenvalue weighted by Gasteiger charge is 2.21. The summed E-state index contributed by atoms with van der Waals surface area (Å²) in [6.07, 6.45) is 41.4. The van der Waals surface area contributed by atoms with Gasteiger partial charge >= 0.3 is 11.9 Å². The summed E-state index contributed by atoms with van der Waals surface area (Å²) < 4.78 is 33.8. The first-order chi connectivity index (χ1) is 26.0. The van der Waals surface area contributed by atoms with Crippen LogP contribution in [0.5, 0.6) is 0 Å². The van der Waals surface area contributed by atoms with Crippen LogP contribution in [0.15, 0.2) is 48.6 Å². The van der Waals surface area contributed by atoms with Gasteiger partial charge in [0.25, 0.3) is 7.82 Å². The molecule has 0 aliphatic rings. The molecule has 0 N–H and O–H groups in total. The molecule has 0 aromatic rings. The van der Waals surface area contributed by atoms with E-state index in [0.717, 1.165) is 44.9 Å². The lowest BCUT2D eigenvalue weighted by Crippen LogP contribution is -2.37. The van der Waals surface area contributed by atoms with Gasteiger partial charge in [-0.2, -0.15) is 0 Å². The first kappa shape index (κ1) is 52.0. The summed E-state index contributed by atoms with van der Waals surface area (Å²) >= 11 is 0. The molecular weight excluding hydrogens is 701 g/mol. The van der Waals surface area contributed by atoms with Crippen LogP contribution in [0.1, 0.15) is 168 Å². The normalized spacial score (nSPS) is 14.1. The van der Waals surface area contributed by atoms with E-state index in [9.17, 15) is 19.0 Å². The van der Waals surface area contributed by atoms with Crippen molar-refractivity contribution in [2.75, 3.05) is 47.5 Å². The Morgan fingerprint density at radius 2 is 1.07 bits per heavy atom. The standard InChI is InChI=1S/C44H80NO8P/c1-6-8-10-12-14-16-18-20-21-22-23-25-27-29-31-33-35-37-44(47)53-42(41-52-54(48,49)51-39-38-45(3,4)5)40-50-43(46)36-34-32-30-28-26-24-19-17-15-13-11-9-7-2/h14,16,20-21,23,25,27,29,42H,6-13,15,17-19,22,24,26,28,30-41H2,1-5H3/b16-14-,21-20-,25-23-,29-27-/t42-/m0/s1. The number of phosphoric acid groups is 1. The molecule has 0 heterocycles. The van der Waals surface area contributed by atoms with Crippen LogP contribution in [-0.2, 0) is 32.7 Å². The molecule has 0 saturated heterocycles. The van der Waals surface area contributed by atoms with Crippen molar-refractivity contribution in [3.05, 3.63) is 48.6 Å². The molecular formula is C44H80NO8P. The van der Waals surface area contributed by atoms with Gasteiger partial charge < -0.3 is 27.9 Å². The quantitative estimate of drug-likeness (QED) is 0.0152. The van der Waals surface area contributed by atoms with Gasteiger partial charge in [0.1, 0.15) is 19.8 Å². The predicted molar refractivity (Wildman–Crippen MR) is 222 cm³/mol. The number of allylic oxidation sites excluding steroid dienone is 8. The largest absolute Gasteiger partial charge is 0.756 e. The number of carbonyl (C=O) groups is 2. The Morgan fingerprint density at radius 3 is 1.70 bits per heavy atom. The molecule has 0 rings (SSSR count). The zero-order valence-electron chi connectivity index (χ0n) is 35.2. The second kappa shape index (κ2) is 36.6. The fourth-order valence-electron chi connectivity index (χ4n) is 5.48. The van der Waals surface area contributed by atoms with Crippen LogP contribution in [0.2, 0.25) is 0 Å². The number of nitrogens with zero attached hydrogens (tertiary/aromatic N) is 1. The van der Waals surface area contributed by atoms with Gasteiger partial charge in [0.05, 0.1) is 27.7 Å². The van der Waals surface area contributed by atoms with E-state index in [-0.39, 0.29) is 26.1 Å². The Balaban J connectivity index is 4.48. The zero-order valence-corrected chi connectivity index (χ0v) is 36.0. The maximum absolute atomic E-state index is 12.6. The molecule has 0 aromatic heterocycles. The smallest absolute Gasteiger partial charge is 0.306 e. The van der Waals surface area contributed by atoms with Crippen molar-refractivity contribution in [2.24, 2.45) is 0 Å². The minimum Gasteiger partial charge on any atom is -0.756 e. The molecule has 10 heteroatoms. The lowest BCUT2D eigenvalue weighted by Gasteiger charge is -2.28. The van der Waals surface area contributed by atoms with Gasteiger partial charge in [0.2, 0.25) is 0 Å². The van der Waals surface area contributed by atoms with Crippen molar-refractivity contribution < 1.29 is 42.1 Å². The van der Waals surface area contributed by atoms with E-state index < -0.39 is 32.5 Å². The topological polar surface area (TPSA) is 111 Å². The number of phosphoric ester groups is 1. The van der Waals surface area contributed by atoms with Crippen LogP contribution >= 0.6 is 7.82 Å². The minimum atomic E-state index is -4.63. The van der Waals surface area contributed by atoms with Crippen molar-refractivity contribution in [1.29, 1.82) is 0 Å². The SMILES string of the molecule is CCCCC/C=C\C/C=C\C/C=C\C=C/CCCCC(=O)O[C@@H](COC(=O)CCCCCCCCCCCCCCC)COP(=O)([O-])OCC[N+](C)(C)C. The summed E-state index contributed by atoms with van der Waals surface area (Å²) in [7, 11) is 1.13. The Morgan fingerprint density at radius 1 is 0.593 bits per heavy atom. The van der Waals surface area contributed by atoms with Crippen LogP contribution in [0, 0.1) is 0 Å². The number of esters is 2. The monoisotopic (exact) mass is 782 g/mol. The van der Waals surface area contributed by atoms with Crippen molar-refractivity contribution >= 4 is 19.8 Å². The molecule has 0 fully saturated rings. The van der Waals surface area contributed by atoms with Crippen LogP contribution in [0.25, 0.3) is 0 Å². The van der Waals surface area contributed by atoms with Crippen LogP contribution in [0.4, 0.5) is 0 Å². The maximum Gasteiger partial charge on any atom is 0.306 e. The van der Waals surface area contributed by atoms with Crippen LogP contribution in [-0.4, -0.2) is 70.0 Å². The molecule has 9 nitrogen and oxygen atoms in total. The Bertz CT molecular complexity index is 1070. The van der Waals surface area contributed by atoms with Gasteiger partial charge in [-0.15, -0.1) is 0 Å². The minimum absolute atomic E-state index is 0.0404. The van der Waals surface area contributed by atoms with E-state index in [2.05, 4.69) is 50.3 Å². The summed E-state index contributed by atoms with van der Waals surface area (Å²) in [5.74, 6) is -0.889. The van der Waals surface area contributed by atoms with Gasteiger partial charge in [-0.1, -0.05) is 152 Å². The average molecular weight is 782 g/mol. The van der Waals surface area contributed by atoms with Crippen molar-refractivity contribution in [1.82, 2.24) is 0 Å². The Kier molecular flexibility index (Phi) is 35.2. The second-order valence-corrected chi connectivity index (χ2v) is 16.8. The summed E-state index contributed by atoms with van der Waals surface area (Å²) in [6, 6.07) is 0. The second-order valence-electron chi connectivity index (χ2n) is 15.4. The van der Waals surface area contributed by atoms with E-state index >= 15 is 0 Å². The van der Waals surface area contributed by atoms with Gasteiger partial charge in [0, 0.05) is 12.8 Å². The number of unbranched alkanes of at least 4 members (excludes halogenated alkanes) is 17. The Hall–Kier alpha value is -2.03. The maximum atomic E-state index is 12.6. The average Bonchev–Trinajstić information content (AvgIpc) is 3.12. The molecule has 0 radical (unpaired) electrons. The molecule has 0 saturated carbocycles. The van der Waals surface area contributed by atoms with Crippen LogP contribution in [0.3, 0.4) is 0 Å². The number of carbonyl (C=O) groups excluding carboxylic acids is 2. The molecule has 0 aliphatic carbocycles. The predicted octanol–water partition coefficient (Wildman–Crippen LogP) is 11.3.